The van der Waals surface area contributed by atoms with Gasteiger partial charge in [0.15, 0.2) is 0 Å². The Kier molecular flexibility index (Phi) is 8.02. The predicted octanol–water partition coefficient (Wildman–Crippen LogP) is 6.84. The van der Waals surface area contributed by atoms with Crippen LogP contribution in [0.25, 0.3) is 11.3 Å². The third-order valence-corrected chi connectivity index (χ3v) is 7.78. The first-order valence-electron chi connectivity index (χ1n) is 13.6. The molecule has 2 aliphatic rings. The Labute approximate surface area is 220 Å². The van der Waals surface area contributed by atoms with Gasteiger partial charge in [0.05, 0.1) is 24.5 Å². The second kappa shape index (κ2) is 11.8. The molecule has 0 saturated heterocycles. The van der Waals surface area contributed by atoms with E-state index < -0.39 is 0 Å². The molecule has 0 N–H and O–H groups in total. The molecular weight excluding hydrogens is 462 g/mol. The quantitative estimate of drug-likeness (QED) is 0.316. The van der Waals surface area contributed by atoms with E-state index in [0.29, 0.717) is 24.3 Å². The minimum atomic E-state index is -0.321. The maximum absolute atomic E-state index is 12.1. The number of anilines is 1. The molecule has 0 atom stereocenters. The first-order valence-corrected chi connectivity index (χ1v) is 13.6. The number of carbonyl (C=O) groups is 1. The highest BCUT2D eigenvalue weighted by molar-refractivity contribution is 5.89. The summed E-state index contributed by atoms with van der Waals surface area (Å²) in [6.45, 7) is 2.97. The Balaban J connectivity index is 1.34. The summed E-state index contributed by atoms with van der Waals surface area (Å²) in [5, 5.41) is 0. The summed E-state index contributed by atoms with van der Waals surface area (Å²) < 4.78 is 11.2. The lowest BCUT2D eigenvalue weighted by atomic mass is 9.89. The number of esters is 1. The van der Waals surface area contributed by atoms with Gasteiger partial charge in [-0.2, -0.15) is 0 Å². The summed E-state index contributed by atoms with van der Waals surface area (Å²) in [6, 6.07) is 18.3. The van der Waals surface area contributed by atoms with Crippen LogP contribution in [-0.4, -0.2) is 35.2 Å². The highest BCUT2D eigenvalue weighted by Crippen LogP contribution is 2.31. The molecule has 0 bridgehead atoms. The van der Waals surface area contributed by atoms with Gasteiger partial charge in [-0.3, -0.25) is 0 Å². The standard InChI is InChI=1S/C31H37N3O3/c1-22-10-14-27(15-11-22)37-28-16-12-24(13-17-28)29-18-19-32-31(33-29)34(26-8-3-4-9-26)21-23-6-5-7-25(20-23)30(35)36-2/h5-7,12-13,16-20,22,26-27H,3-4,8-11,14-15,21H2,1-2H3/t22-,27+. The first-order chi connectivity index (χ1) is 18.1. The Morgan fingerprint density at radius 2 is 1.73 bits per heavy atom. The molecule has 0 aliphatic heterocycles. The molecule has 2 aliphatic carbocycles. The third kappa shape index (κ3) is 6.30. The van der Waals surface area contributed by atoms with E-state index in [1.54, 1.807) is 6.07 Å². The van der Waals surface area contributed by atoms with Crippen molar-refractivity contribution in [1.82, 2.24) is 9.97 Å². The zero-order chi connectivity index (χ0) is 25.6. The van der Waals surface area contributed by atoms with Crippen molar-refractivity contribution in [3.8, 4) is 17.0 Å². The van der Waals surface area contributed by atoms with Gasteiger partial charge in [0.25, 0.3) is 0 Å². The second-order valence-corrected chi connectivity index (χ2v) is 10.5. The van der Waals surface area contributed by atoms with Crippen LogP contribution < -0.4 is 9.64 Å². The predicted molar refractivity (Wildman–Crippen MR) is 146 cm³/mol. The number of aromatic nitrogens is 2. The van der Waals surface area contributed by atoms with E-state index in [0.717, 1.165) is 60.1 Å². The van der Waals surface area contributed by atoms with Gasteiger partial charge >= 0.3 is 5.97 Å². The van der Waals surface area contributed by atoms with Gasteiger partial charge in [-0.05, 0) is 92.5 Å². The van der Waals surface area contributed by atoms with Gasteiger partial charge in [-0.25, -0.2) is 14.8 Å². The maximum atomic E-state index is 12.1. The van der Waals surface area contributed by atoms with Gasteiger partial charge in [0.2, 0.25) is 5.95 Å². The fraction of sp³-hybridized carbons (Fsp3) is 0.452. The Morgan fingerprint density at radius 1 is 0.973 bits per heavy atom. The van der Waals surface area contributed by atoms with Crippen LogP contribution in [0.1, 0.15) is 74.2 Å². The lowest BCUT2D eigenvalue weighted by Gasteiger charge is -2.29. The molecular formula is C31H37N3O3. The van der Waals surface area contributed by atoms with Crippen LogP contribution in [0.15, 0.2) is 60.8 Å². The van der Waals surface area contributed by atoms with Crippen LogP contribution in [0.3, 0.4) is 0 Å². The number of methoxy groups -OCH3 is 1. The molecule has 1 heterocycles. The number of hydrogen-bond acceptors (Lipinski definition) is 6. The molecule has 6 heteroatoms. The molecule has 2 saturated carbocycles. The Hall–Kier alpha value is -3.41. The summed E-state index contributed by atoms with van der Waals surface area (Å²) in [7, 11) is 1.41. The maximum Gasteiger partial charge on any atom is 0.337 e. The van der Waals surface area contributed by atoms with Crippen LogP contribution in [-0.2, 0) is 11.3 Å². The van der Waals surface area contributed by atoms with Gasteiger partial charge < -0.3 is 14.4 Å². The van der Waals surface area contributed by atoms with E-state index in [4.69, 9.17) is 14.5 Å². The summed E-state index contributed by atoms with van der Waals surface area (Å²) in [4.78, 5) is 24.0. The smallest absolute Gasteiger partial charge is 0.337 e. The molecule has 0 amide bonds. The number of benzene rings is 2. The van der Waals surface area contributed by atoms with Gasteiger partial charge in [0, 0.05) is 24.3 Å². The van der Waals surface area contributed by atoms with Crippen molar-refractivity contribution >= 4 is 11.9 Å². The summed E-state index contributed by atoms with van der Waals surface area (Å²) in [5.41, 5.74) is 3.55. The van der Waals surface area contributed by atoms with E-state index in [1.807, 2.05) is 30.5 Å². The topological polar surface area (TPSA) is 64.5 Å². The zero-order valence-electron chi connectivity index (χ0n) is 21.9. The van der Waals surface area contributed by atoms with E-state index >= 15 is 0 Å². The highest BCUT2D eigenvalue weighted by atomic mass is 16.5. The van der Waals surface area contributed by atoms with Gasteiger partial charge in [-0.1, -0.05) is 31.9 Å². The first kappa shape index (κ1) is 25.2. The van der Waals surface area contributed by atoms with Gasteiger partial charge in [0.1, 0.15) is 5.75 Å². The molecule has 0 spiro atoms. The number of hydrogen-bond donors (Lipinski definition) is 0. The number of rotatable bonds is 8. The number of carbonyl (C=O) groups excluding carboxylic acids is 1. The summed E-state index contributed by atoms with van der Waals surface area (Å²) >= 11 is 0. The van der Waals surface area contributed by atoms with Crippen molar-refractivity contribution in [1.29, 1.82) is 0 Å². The molecule has 5 rings (SSSR count). The average Bonchev–Trinajstić information content (AvgIpc) is 3.48. The monoisotopic (exact) mass is 499 g/mol. The molecule has 194 valence electrons. The summed E-state index contributed by atoms with van der Waals surface area (Å²) in [6.07, 6.45) is 11.6. The van der Waals surface area contributed by atoms with Crippen LogP contribution in [0, 0.1) is 5.92 Å². The fourth-order valence-corrected chi connectivity index (χ4v) is 5.58. The van der Waals surface area contributed by atoms with E-state index in [9.17, 15) is 4.79 Å². The molecule has 37 heavy (non-hydrogen) atoms. The number of ether oxygens (including phenoxy) is 2. The molecule has 0 radical (unpaired) electrons. The average molecular weight is 500 g/mol. The van der Waals surface area contributed by atoms with Crippen molar-refractivity contribution in [3.05, 3.63) is 71.9 Å². The Morgan fingerprint density at radius 3 is 2.46 bits per heavy atom. The van der Waals surface area contributed by atoms with Gasteiger partial charge in [-0.15, -0.1) is 0 Å². The molecule has 2 aromatic carbocycles. The van der Waals surface area contributed by atoms with Crippen molar-refractivity contribution in [2.45, 2.75) is 77.0 Å². The largest absolute Gasteiger partial charge is 0.490 e. The molecule has 3 aromatic rings. The van der Waals surface area contributed by atoms with Crippen LogP contribution in [0.5, 0.6) is 5.75 Å². The second-order valence-electron chi connectivity index (χ2n) is 10.5. The van der Waals surface area contributed by atoms with E-state index in [1.165, 1.54) is 32.8 Å². The lowest BCUT2D eigenvalue weighted by Crippen LogP contribution is -2.34. The highest BCUT2D eigenvalue weighted by Gasteiger charge is 2.26. The van der Waals surface area contributed by atoms with E-state index in [2.05, 4.69) is 41.1 Å². The van der Waals surface area contributed by atoms with Crippen LogP contribution in [0.4, 0.5) is 5.95 Å². The van der Waals surface area contributed by atoms with Crippen molar-refractivity contribution < 1.29 is 14.3 Å². The Bertz CT molecular complexity index is 1180. The summed E-state index contributed by atoms with van der Waals surface area (Å²) in [5.74, 6) is 2.15. The van der Waals surface area contributed by atoms with Crippen LogP contribution in [0.2, 0.25) is 0 Å². The molecule has 0 unspecified atom stereocenters. The normalized spacial score (nSPS) is 19.9. The molecule has 1 aromatic heterocycles. The van der Waals surface area contributed by atoms with E-state index in [-0.39, 0.29) is 5.97 Å². The van der Waals surface area contributed by atoms with Crippen LogP contribution >= 0.6 is 0 Å². The minimum absolute atomic E-state index is 0.321. The molecule has 2 fully saturated rings. The SMILES string of the molecule is COC(=O)c1cccc(CN(c2nccc(-c3ccc(O[C@H]4CC[C@@H](C)CC4)cc3)n2)C2CCCC2)c1. The lowest BCUT2D eigenvalue weighted by molar-refractivity contribution is 0.0600. The number of nitrogens with zero attached hydrogens (tertiary/aromatic N) is 3. The van der Waals surface area contributed by atoms with Crippen molar-refractivity contribution in [2.24, 2.45) is 5.92 Å². The third-order valence-electron chi connectivity index (χ3n) is 7.78. The zero-order valence-corrected chi connectivity index (χ0v) is 21.9. The minimum Gasteiger partial charge on any atom is -0.490 e. The molecule has 6 nitrogen and oxygen atoms in total. The van der Waals surface area contributed by atoms with Crippen molar-refractivity contribution in [2.75, 3.05) is 12.0 Å². The van der Waals surface area contributed by atoms with Crippen molar-refractivity contribution in [3.63, 3.8) is 0 Å². The fourth-order valence-electron chi connectivity index (χ4n) is 5.58.